The van der Waals surface area contributed by atoms with Crippen molar-refractivity contribution in [2.24, 2.45) is 0 Å². The minimum absolute atomic E-state index is 0.165. The molecule has 1 unspecified atom stereocenters. The highest BCUT2D eigenvalue weighted by molar-refractivity contribution is 5.60. The first-order valence-corrected chi connectivity index (χ1v) is 12.9. The van der Waals surface area contributed by atoms with Gasteiger partial charge in [0.25, 0.3) is 0 Å². The molecule has 1 aliphatic heterocycles. The number of nitrogens with one attached hydrogen (secondary N) is 2. The first kappa shape index (κ1) is 24.2. The number of hydrogen-bond acceptors (Lipinski definition) is 8. The zero-order valence-electron chi connectivity index (χ0n) is 20.6. The van der Waals surface area contributed by atoms with Crippen LogP contribution in [0.2, 0.25) is 0 Å². The van der Waals surface area contributed by atoms with Gasteiger partial charge in [0.15, 0.2) is 0 Å². The summed E-state index contributed by atoms with van der Waals surface area (Å²) in [4.78, 5) is 18.7. The van der Waals surface area contributed by atoms with E-state index in [4.69, 9.17) is 15.0 Å². The molecule has 4 rings (SSSR count). The van der Waals surface area contributed by atoms with Gasteiger partial charge in [0.05, 0.1) is 6.07 Å². The third-order valence-corrected chi connectivity index (χ3v) is 7.10. The quantitative estimate of drug-likeness (QED) is 0.399. The topological polar surface area (TPSA) is 93.0 Å². The maximum absolute atomic E-state index is 9.54. The first-order valence-electron chi connectivity index (χ1n) is 12.9. The molecule has 182 valence electrons. The van der Waals surface area contributed by atoms with Crippen molar-refractivity contribution < 1.29 is 0 Å². The van der Waals surface area contributed by atoms with Gasteiger partial charge in [-0.25, -0.2) is 0 Å². The molecule has 0 bridgehead atoms. The van der Waals surface area contributed by atoms with Gasteiger partial charge < -0.3 is 10.6 Å². The van der Waals surface area contributed by atoms with Crippen LogP contribution in [0.3, 0.4) is 0 Å². The van der Waals surface area contributed by atoms with Gasteiger partial charge in [-0.2, -0.15) is 20.2 Å². The average molecular weight is 463 g/mol. The first-order chi connectivity index (χ1) is 16.7. The average Bonchev–Trinajstić information content (AvgIpc) is 3.20. The number of para-hydroxylation sites is 1. The van der Waals surface area contributed by atoms with Gasteiger partial charge in [-0.3, -0.25) is 9.80 Å². The van der Waals surface area contributed by atoms with Crippen LogP contribution in [0, 0.1) is 11.3 Å². The minimum Gasteiger partial charge on any atom is -0.351 e. The van der Waals surface area contributed by atoms with Gasteiger partial charge in [-0.05, 0) is 57.8 Å². The smallest absolute Gasteiger partial charge is 0.237 e. The molecule has 8 nitrogen and oxygen atoms in total. The van der Waals surface area contributed by atoms with E-state index >= 15 is 0 Å². The Balaban J connectivity index is 1.63. The number of nitriles is 1. The summed E-state index contributed by atoms with van der Waals surface area (Å²) in [5, 5.41) is 16.7. The highest BCUT2D eigenvalue weighted by Gasteiger charge is 2.29. The maximum Gasteiger partial charge on any atom is 0.237 e. The van der Waals surface area contributed by atoms with E-state index in [-0.39, 0.29) is 12.6 Å². The van der Waals surface area contributed by atoms with Crippen molar-refractivity contribution in [3.63, 3.8) is 0 Å². The van der Waals surface area contributed by atoms with Crippen LogP contribution in [0.5, 0.6) is 0 Å². The van der Waals surface area contributed by atoms with E-state index in [0.29, 0.717) is 29.9 Å². The number of aromatic nitrogens is 3. The Morgan fingerprint density at radius 2 is 1.76 bits per heavy atom. The van der Waals surface area contributed by atoms with Crippen molar-refractivity contribution in [1.29, 1.82) is 5.26 Å². The van der Waals surface area contributed by atoms with Gasteiger partial charge >= 0.3 is 0 Å². The molecule has 1 aliphatic carbocycles. The van der Waals surface area contributed by atoms with Gasteiger partial charge in [-0.15, -0.1) is 0 Å². The van der Waals surface area contributed by atoms with Crippen molar-refractivity contribution in [3.05, 3.63) is 30.3 Å². The molecule has 0 amide bonds. The lowest BCUT2D eigenvalue weighted by Crippen LogP contribution is -2.41. The Morgan fingerprint density at radius 1 is 1.03 bits per heavy atom. The number of likely N-dealkylation sites (tertiary alicyclic amines) is 1. The molecule has 2 aromatic rings. The van der Waals surface area contributed by atoms with Crippen molar-refractivity contribution in [1.82, 2.24) is 19.9 Å². The lowest BCUT2D eigenvalue weighted by atomic mass is 10.1. The van der Waals surface area contributed by atoms with Crippen LogP contribution in [-0.2, 0) is 0 Å². The van der Waals surface area contributed by atoms with E-state index in [0.717, 1.165) is 31.6 Å². The number of nitrogens with zero attached hydrogens (tertiary/aromatic N) is 6. The summed E-state index contributed by atoms with van der Waals surface area (Å²) in [5.41, 5.74) is 0.891. The van der Waals surface area contributed by atoms with Crippen molar-refractivity contribution in [2.75, 3.05) is 35.2 Å². The largest absolute Gasteiger partial charge is 0.351 e. The van der Waals surface area contributed by atoms with Crippen LogP contribution in [-0.4, -0.2) is 57.6 Å². The molecule has 1 aromatic heterocycles. The second-order valence-electron chi connectivity index (χ2n) is 9.47. The summed E-state index contributed by atoms with van der Waals surface area (Å²) in [6.45, 7) is 6.80. The normalized spacial score (nSPS) is 20.3. The van der Waals surface area contributed by atoms with Gasteiger partial charge in [0.2, 0.25) is 17.8 Å². The van der Waals surface area contributed by atoms with Gasteiger partial charge in [-0.1, -0.05) is 50.8 Å². The summed E-state index contributed by atoms with van der Waals surface area (Å²) in [5.74, 6) is 1.65. The van der Waals surface area contributed by atoms with Crippen LogP contribution in [0.25, 0.3) is 0 Å². The molecule has 0 radical (unpaired) electrons. The number of rotatable bonds is 9. The SMILES string of the molecule is CCN1CCCC1[C@H](C)Nc1nc(NC2CCCCCC2)nc(N(CC#N)c2ccccc2)n1. The van der Waals surface area contributed by atoms with Crippen molar-refractivity contribution in [2.45, 2.75) is 83.3 Å². The van der Waals surface area contributed by atoms with E-state index in [1.807, 2.05) is 35.2 Å². The van der Waals surface area contributed by atoms with Crippen LogP contribution in [0.15, 0.2) is 30.3 Å². The summed E-state index contributed by atoms with van der Waals surface area (Å²) in [6, 6.07) is 13.2. The maximum atomic E-state index is 9.54. The van der Waals surface area contributed by atoms with E-state index in [9.17, 15) is 5.26 Å². The molecule has 2 heterocycles. The summed E-state index contributed by atoms with van der Waals surface area (Å²) in [6.07, 6.45) is 9.73. The van der Waals surface area contributed by atoms with E-state index in [1.54, 1.807) is 0 Å². The molecule has 8 heteroatoms. The fourth-order valence-electron chi connectivity index (χ4n) is 5.29. The molecule has 0 spiro atoms. The Kier molecular flexibility index (Phi) is 8.53. The molecule has 2 fully saturated rings. The standard InChI is InChI=1S/C26H38N8/c1-3-33-18-11-16-23(33)20(2)28-24-30-25(29-21-12-7-4-5-8-13-21)32-26(31-24)34(19-17-27)22-14-9-6-10-15-22/h6,9-10,14-15,20-21,23H,3-5,7-8,11-13,16,18-19H2,1-2H3,(H2,28,29,30,31,32)/t20-,23?/m0/s1. The van der Waals surface area contributed by atoms with Crippen LogP contribution in [0.1, 0.15) is 65.2 Å². The Morgan fingerprint density at radius 3 is 2.47 bits per heavy atom. The van der Waals surface area contributed by atoms with Crippen LogP contribution >= 0.6 is 0 Å². The Hall–Kier alpha value is -2.92. The summed E-state index contributed by atoms with van der Waals surface area (Å²) >= 11 is 0. The third-order valence-electron chi connectivity index (χ3n) is 7.10. The lowest BCUT2D eigenvalue weighted by Gasteiger charge is -2.29. The van der Waals surface area contributed by atoms with E-state index in [2.05, 4.69) is 35.5 Å². The highest BCUT2D eigenvalue weighted by Crippen LogP contribution is 2.27. The number of hydrogen-bond donors (Lipinski definition) is 2. The highest BCUT2D eigenvalue weighted by atomic mass is 15.3. The summed E-state index contributed by atoms with van der Waals surface area (Å²) < 4.78 is 0. The second kappa shape index (κ2) is 12.0. The van der Waals surface area contributed by atoms with Crippen molar-refractivity contribution >= 4 is 23.5 Å². The molecule has 2 aliphatic rings. The zero-order valence-corrected chi connectivity index (χ0v) is 20.6. The second-order valence-corrected chi connectivity index (χ2v) is 9.47. The number of benzene rings is 1. The molecule has 2 atom stereocenters. The minimum atomic E-state index is 0.165. The van der Waals surface area contributed by atoms with Crippen molar-refractivity contribution in [3.8, 4) is 6.07 Å². The molecule has 1 aromatic carbocycles. The fourth-order valence-corrected chi connectivity index (χ4v) is 5.29. The van der Waals surface area contributed by atoms with Gasteiger partial charge in [0, 0.05) is 23.8 Å². The lowest BCUT2D eigenvalue weighted by molar-refractivity contribution is 0.249. The van der Waals surface area contributed by atoms with Crippen LogP contribution in [0.4, 0.5) is 23.5 Å². The number of anilines is 4. The zero-order chi connectivity index (χ0) is 23.8. The van der Waals surface area contributed by atoms with Gasteiger partial charge in [0.1, 0.15) is 6.54 Å². The Bertz CT molecular complexity index is 936. The molecule has 2 N–H and O–H groups in total. The number of likely N-dealkylation sites (N-methyl/N-ethyl adjacent to an activating group) is 1. The predicted octanol–water partition coefficient (Wildman–Crippen LogP) is 4.95. The molecule has 1 saturated carbocycles. The third kappa shape index (κ3) is 6.15. The fraction of sp³-hybridized carbons (Fsp3) is 0.615. The van der Waals surface area contributed by atoms with Crippen LogP contribution < -0.4 is 15.5 Å². The predicted molar refractivity (Wildman–Crippen MR) is 137 cm³/mol. The molecule has 1 saturated heterocycles. The van der Waals surface area contributed by atoms with E-state index in [1.165, 1.54) is 38.5 Å². The molecular formula is C26H38N8. The monoisotopic (exact) mass is 462 g/mol. The molecular weight excluding hydrogens is 424 g/mol. The van der Waals surface area contributed by atoms with E-state index < -0.39 is 0 Å². The summed E-state index contributed by atoms with van der Waals surface area (Å²) in [7, 11) is 0. The molecule has 34 heavy (non-hydrogen) atoms. The Labute approximate surface area is 203 Å².